The van der Waals surface area contributed by atoms with Crippen molar-refractivity contribution in [2.24, 2.45) is 0 Å². The summed E-state index contributed by atoms with van der Waals surface area (Å²) in [4.78, 5) is 23.0. The lowest BCUT2D eigenvalue weighted by molar-refractivity contribution is 0.0433. The number of ether oxygens (including phenoxy) is 2. The second-order valence-corrected chi connectivity index (χ2v) is 5.43. The fraction of sp³-hybridized carbons (Fsp3) is 0.467. The number of hydrogen-bond acceptors (Lipinski definition) is 4. The van der Waals surface area contributed by atoms with Gasteiger partial charge in [0.05, 0.1) is 12.1 Å². The molecule has 5 nitrogen and oxygen atoms in total. The molecule has 0 saturated carbocycles. The number of alkyl carbamates (subject to hydrolysis) is 1. The number of benzene rings is 1. The highest BCUT2D eigenvalue weighted by Crippen LogP contribution is 2.06. The van der Waals surface area contributed by atoms with Gasteiger partial charge in [-0.2, -0.15) is 0 Å². The number of amides is 1. The van der Waals surface area contributed by atoms with Crippen LogP contribution in [0.2, 0.25) is 0 Å². The van der Waals surface area contributed by atoms with Crippen LogP contribution in [0.5, 0.6) is 0 Å². The molecule has 1 amide bonds. The van der Waals surface area contributed by atoms with Gasteiger partial charge in [-0.05, 0) is 39.8 Å². The van der Waals surface area contributed by atoms with Crippen molar-refractivity contribution < 1.29 is 19.1 Å². The van der Waals surface area contributed by atoms with Crippen molar-refractivity contribution in [1.82, 2.24) is 5.32 Å². The zero-order valence-corrected chi connectivity index (χ0v) is 12.4. The first-order chi connectivity index (χ1) is 9.28. The van der Waals surface area contributed by atoms with E-state index in [1.165, 1.54) is 0 Å². The van der Waals surface area contributed by atoms with Crippen LogP contribution in [0.25, 0.3) is 0 Å². The minimum absolute atomic E-state index is 0.103. The Bertz CT molecular complexity index is 460. The van der Waals surface area contributed by atoms with Crippen molar-refractivity contribution in [3.63, 3.8) is 0 Å². The highest BCUT2D eigenvalue weighted by Gasteiger charge is 2.15. The molecule has 0 unspecified atom stereocenters. The summed E-state index contributed by atoms with van der Waals surface area (Å²) in [5.74, 6) is -0.406. The summed E-state index contributed by atoms with van der Waals surface area (Å²) in [7, 11) is 0. The van der Waals surface area contributed by atoms with Gasteiger partial charge in [-0.3, -0.25) is 0 Å². The number of rotatable bonds is 4. The van der Waals surface area contributed by atoms with Gasteiger partial charge in [0.2, 0.25) is 0 Å². The molecule has 0 radical (unpaired) electrons. The van der Waals surface area contributed by atoms with E-state index >= 15 is 0 Å². The highest BCUT2D eigenvalue weighted by atomic mass is 16.6. The van der Waals surface area contributed by atoms with Gasteiger partial charge >= 0.3 is 12.1 Å². The number of hydrogen-bond donors (Lipinski definition) is 1. The third-order valence-electron chi connectivity index (χ3n) is 2.29. The molecular formula is C15H21NO4. The van der Waals surface area contributed by atoms with Gasteiger partial charge < -0.3 is 14.8 Å². The smallest absolute Gasteiger partial charge is 0.407 e. The molecule has 0 aliphatic carbocycles. The number of nitrogens with one attached hydrogen (secondary N) is 1. The van der Waals surface area contributed by atoms with Gasteiger partial charge in [-0.25, -0.2) is 9.59 Å². The zero-order chi connectivity index (χ0) is 15.2. The second-order valence-electron chi connectivity index (χ2n) is 5.43. The van der Waals surface area contributed by atoms with Crippen LogP contribution in [0.15, 0.2) is 24.3 Å². The first-order valence-corrected chi connectivity index (χ1v) is 6.48. The fourth-order valence-electron chi connectivity index (χ4n) is 1.38. The van der Waals surface area contributed by atoms with Gasteiger partial charge in [-0.1, -0.05) is 17.7 Å². The molecule has 1 N–H and O–H groups in total. The third kappa shape index (κ3) is 6.22. The summed E-state index contributed by atoms with van der Waals surface area (Å²) >= 11 is 0. The largest absolute Gasteiger partial charge is 0.460 e. The molecule has 0 aromatic heterocycles. The second kappa shape index (κ2) is 6.93. The van der Waals surface area contributed by atoms with Crippen LogP contribution in [0.3, 0.4) is 0 Å². The van der Waals surface area contributed by atoms with Crippen LogP contribution in [-0.4, -0.2) is 30.8 Å². The molecule has 1 aromatic rings. The van der Waals surface area contributed by atoms with Crippen LogP contribution in [0.4, 0.5) is 4.79 Å². The van der Waals surface area contributed by atoms with Gasteiger partial charge in [0.15, 0.2) is 0 Å². The molecule has 1 aromatic carbocycles. The Morgan fingerprint density at radius 2 is 1.75 bits per heavy atom. The van der Waals surface area contributed by atoms with E-state index < -0.39 is 17.7 Å². The Labute approximate surface area is 119 Å². The third-order valence-corrected chi connectivity index (χ3v) is 2.29. The number of aryl methyl sites for hydroxylation is 1. The van der Waals surface area contributed by atoms with E-state index in [0.717, 1.165) is 5.56 Å². The van der Waals surface area contributed by atoms with Gasteiger partial charge in [0.25, 0.3) is 0 Å². The SMILES string of the molecule is Cc1ccc(C(=O)OCCNC(=O)OC(C)(C)C)cc1. The molecule has 0 bridgehead atoms. The molecule has 0 aliphatic rings. The monoisotopic (exact) mass is 279 g/mol. The first-order valence-electron chi connectivity index (χ1n) is 6.48. The summed E-state index contributed by atoms with van der Waals surface area (Å²) in [6.45, 7) is 7.61. The van der Waals surface area contributed by atoms with Crippen molar-refractivity contribution >= 4 is 12.1 Å². The summed E-state index contributed by atoms with van der Waals surface area (Å²) in [6.07, 6.45) is -0.524. The van der Waals surface area contributed by atoms with Crippen molar-refractivity contribution in [3.05, 3.63) is 35.4 Å². The normalized spacial score (nSPS) is 10.8. The summed E-state index contributed by atoms with van der Waals surface area (Å²) in [6, 6.07) is 7.10. The van der Waals surface area contributed by atoms with Crippen molar-refractivity contribution in [2.45, 2.75) is 33.3 Å². The highest BCUT2D eigenvalue weighted by molar-refractivity contribution is 5.89. The standard InChI is InChI=1S/C15H21NO4/c1-11-5-7-12(8-6-11)13(17)19-10-9-16-14(18)20-15(2,3)4/h5-8H,9-10H2,1-4H3,(H,16,18). The van der Waals surface area contributed by atoms with Gasteiger partial charge in [-0.15, -0.1) is 0 Å². The van der Waals surface area contributed by atoms with Gasteiger partial charge in [0.1, 0.15) is 12.2 Å². The Morgan fingerprint density at radius 3 is 2.30 bits per heavy atom. The van der Waals surface area contributed by atoms with Crippen molar-refractivity contribution in [3.8, 4) is 0 Å². The van der Waals surface area contributed by atoms with E-state index in [2.05, 4.69) is 5.32 Å². The van der Waals surface area contributed by atoms with Crippen LogP contribution in [-0.2, 0) is 9.47 Å². The molecule has 0 heterocycles. The average Bonchev–Trinajstić information content (AvgIpc) is 2.33. The quantitative estimate of drug-likeness (QED) is 0.680. The Kier molecular flexibility index (Phi) is 5.55. The van der Waals surface area contributed by atoms with E-state index in [4.69, 9.17) is 9.47 Å². The van der Waals surface area contributed by atoms with E-state index in [9.17, 15) is 9.59 Å². The maximum atomic E-state index is 11.7. The minimum atomic E-state index is -0.539. The Balaban J connectivity index is 2.26. The molecule has 110 valence electrons. The summed E-state index contributed by atoms with van der Waals surface area (Å²) in [5.41, 5.74) is 1.03. The molecule has 0 atom stereocenters. The Hall–Kier alpha value is -2.04. The Morgan fingerprint density at radius 1 is 1.15 bits per heavy atom. The van der Waals surface area contributed by atoms with E-state index in [1.54, 1.807) is 32.9 Å². The molecule has 0 spiro atoms. The minimum Gasteiger partial charge on any atom is -0.460 e. The van der Waals surface area contributed by atoms with E-state index in [1.807, 2.05) is 19.1 Å². The predicted molar refractivity (Wildman–Crippen MR) is 75.7 cm³/mol. The summed E-state index contributed by atoms with van der Waals surface area (Å²) < 4.78 is 10.1. The van der Waals surface area contributed by atoms with Crippen LogP contribution in [0.1, 0.15) is 36.7 Å². The molecule has 5 heteroatoms. The molecule has 0 aliphatic heterocycles. The lowest BCUT2D eigenvalue weighted by Gasteiger charge is -2.19. The zero-order valence-electron chi connectivity index (χ0n) is 12.4. The van der Waals surface area contributed by atoms with Crippen LogP contribution >= 0.6 is 0 Å². The van der Waals surface area contributed by atoms with Crippen LogP contribution < -0.4 is 5.32 Å². The number of carbonyl (C=O) groups excluding carboxylic acids is 2. The molecule has 0 saturated heterocycles. The topological polar surface area (TPSA) is 64.6 Å². The molecular weight excluding hydrogens is 258 g/mol. The molecule has 20 heavy (non-hydrogen) atoms. The fourth-order valence-corrected chi connectivity index (χ4v) is 1.38. The van der Waals surface area contributed by atoms with E-state index in [-0.39, 0.29) is 13.2 Å². The first kappa shape index (κ1) is 16.0. The van der Waals surface area contributed by atoms with E-state index in [0.29, 0.717) is 5.56 Å². The van der Waals surface area contributed by atoms with Gasteiger partial charge in [0, 0.05) is 0 Å². The lowest BCUT2D eigenvalue weighted by atomic mass is 10.1. The predicted octanol–water partition coefficient (Wildman–Crippen LogP) is 2.68. The number of carbonyl (C=O) groups is 2. The maximum Gasteiger partial charge on any atom is 0.407 e. The average molecular weight is 279 g/mol. The van der Waals surface area contributed by atoms with Crippen LogP contribution in [0, 0.1) is 6.92 Å². The molecule has 0 fully saturated rings. The lowest BCUT2D eigenvalue weighted by Crippen LogP contribution is -2.34. The number of esters is 1. The van der Waals surface area contributed by atoms with Crippen molar-refractivity contribution in [1.29, 1.82) is 0 Å². The maximum absolute atomic E-state index is 11.7. The summed E-state index contributed by atoms with van der Waals surface area (Å²) in [5, 5.41) is 2.52. The van der Waals surface area contributed by atoms with Crippen molar-refractivity contribution in [2.75, 3.05) is 13.2 Å². The molecule has 1 rings (SSSR count).